The van der Waals surface area contributed by atoms with Crippen LogP contribution in [-0.4, -0.2) is 65.3 Å². The number of rotatable bonds is 4. The number of carbonyl (C=O) groups is 2. The minimum absolute atomic E-state index is 0.0127. The molecule has 7 atom stereocenters. The van der Waals surface area contributed by atoms with Crippen LogP contribution >= 0.6 is 0 Å². The van der Waals surface area contributed by atoms with E-state index in [1.165, 1.54) is 0 Å². The first kappa shape index (κ1) is 23.2. The van der Waals surface area contributed by atoms with E-state index in [0.29, 0.717) is 32.0 Å². The molecule has 2 saturated carbocycles. The number of ether oxygens (including phenoxy) is 1. The van der Waals surface area contributed by atoms with Crippen molar-refractivity contribution in [3.8, 4) is 0 Å². The maximum atomic E-state index is 13.1. The summed E-state index contributed by atoms with van der Waals surface area (Å²) in [5.74, 6) is -0.151. The van der Waals surface area contributed by atoms with E-state index in [2.05, 4.69) is 24.1 Å². The number of pyridine rings is 1. The van der Waals surface area contributed by atoms with Crippen LogP contribution in [0.2, 0.25) is 0 Å². The molecule has 2 N–H and O–H groups in total. The lowest BCUT2D eigenvalue weighted by Crippen LogP contribution is -2.59. The summed E-state index contributed by atoms with van der Waals surface area (Å²) >= 11 is 0. The fraction of sp³-hybridized carbons (Fsp3) is 0.720. The van der Waals surface area contributed by atoms with Crippen LogP contribution in [-0.2, 0) is 9.53 Å². The number of nitrogens with one attached hydrogen (secondary N) is 1. The van der Waals surface area contributed by atoms with Gasteiger partial charge in [-0.2, -0.15) is 0 Å². The molecule has 32 heavy (non-hydrogen) atoms. The molecule has 3 aliphatic rings. The lowest BCUT2D eigenvalue weighted by molar-refractivity contribution is -0.153. The van der Waals surface area contributed by atoms with Crippen molar-refractivity contribution in [3.63, 3.8) is 0 Å². The van der Waals surface area contributed by atoms with Gasteiger partial charge in [-0.1, -0.05) is 26.8 Å². The number of fused-ring (bicyclic) bond motifs is 1. The van der Waals surface area contributed by atoms with Gasteiger partial charge in [0.2, 0.25) is 5.91 Å². The number of hydrogen-bond acceptors (Lipinski definition) is 5. The number of hydrogen-bond donors (Lipinski definition) is 2. The van der Waals surface area contributed by atoms with E-state index in [-0.39, 0.29) is 46.9 Å². The van der Waals surface area contributed by atoms with Crippen molar-refractivity contribution in [2.75, 3.05) is 26.3 Å². The molecule has 1 aromatic heterocycles. The molecule has 3 fully saturated rings. The summed E-state index contributed by atoms with van der Waals surface area (Å²) in [5.41, 5.74) is 0.448. The Labute approximate surface area is 190 Å². The van der Waals surface area contributed by atoms with Crippen molar-refractivity contribution in [3.05, 3.63) is 30.1 Å². The predicted molar refractivity (Wildman–Crippen MR) is 121 cm³/mol. The van der Waals surface area contributed by atoms with E-state index in [9.17, 15) is 14.7 Å². The third-order valence-electron chi connectivity index (χ3n) is 8.46. The Bertz CT molecular complexity index is 813. The van der Waals surface area contributed by atoms with Crippen molar-refractivity contribution < 1.29 is 19.4 Å². The van der Waals surface area contributed by atoms with Gasteiger partial charge in [0.25, 0.3) is 5.91 Å². The van der Waals surface area contributed by atoms with Gasteiger partial charge >= 0.3 is 0 Å². The van der Waals surface area contributed by atoms with Crippen LogP contribution in [0.1, 0.15) is 56.9 Å². The lowest BCUT2D eigenvalue weighted by Gasteiger charge is -2.56. The van der Waals surface area contributed by atoms with Crippen molar-refractivity contribution in [1.82, 2.24) is 15.2 Å². The van der Waals surface area contributed by atoms with Crippen LogP contribution in [0.4, 0.5) is 0 Å². The highest BCUT2D eigenvalue weighted by atomic mass is 16.5. The molecular formula is C25H37N3O4. The average molecular weight is 444 g/mol. The standard InChI is InChI=1S/C25H37N3O4/c1-16(24(31)28-12-14-32-15-13-28)18-7-9-25(3)10-8-19(17(2)21(25)22(18)29)27-23(30)20-6-4-5-11-26-20/h4-6,11,16-19,21-22,29H,7-10,12-15H2,1-3H3,(H,27,30)/t16-,17+,18-,19-,21+,22-,25-/m0/s1. The maximum Gasteiger partial charge on any atom is 0.270 e. The number of aliphatic hydroxyl groups excluding tert-OH is 1. The molecular weight excluding hydrogens is 406 g/mol. The number of amides is 2. The van der Waals surface area contributed by atoms with E-state index < -0.39 is 6.10 Å². The lowest BCUT2D eigenvalue weighted by atomic mass is 9.51. The number of aliphatic hydroxyl groups is 1. The van der Waals surface area contributed by atoms with Gasteiger partial charge in [0.05, 0.1) is 19.3 Å². The maximum absolute atomic E-state index is 13.1. The SMILES string of the molecule is C[C@H]1[C@@H]2[C@@H](O)[C@H]([C@H](C)C(=O)N3CCOCC3)CC[C@@]2(C)CC[C@@H]1NC(=O)c1ccccn1. The Hall–Kier alpha value is -1.99. The zero-order chi connectivity index (χ0) is 22.9. The van der Waals surface area contributed by atoms with Gasteiger partial charge in [-0.3, -0.25) is 14.6 Å². The van der Waals surface area contributed by atoms with Crippen LogP contribution in [0, 0.1) is 29.1 Å². The second kappa shape index (κ2) is 9.48. The molecule has 2 aliphatic carbocycles. The third-order valence-corrected chi connectivity index (χ3v) is 8.46. The zero-order valence-electron chi connectivity index (χ0n) is 19.5. The van der Waals surface area contributed by atoms with E-state index >= 15 is 0 Å². The van der Waals surface area contributed by atoms with E-state index in [1.807, 2.05) is 17.9 Å². The fourth-order valence-corrected chi connectivity index (χ4v) is 6.49. The van der Waals surface area contributed by atoms with Crippen LogP contribution in [0.25, 0.3) is 0 Å². The average Bonchev–Trinajstić information content (AvgIpc) is 2.81. The highest BCUT2D eigenvalue weighted by Crippen LogP contribution is 2.55. The molecule has 0 spiro atoms. The van der Waals surface area contributed by atoms with Crippen LogP contribution < -0.4 is 5.32 Å². The predicted octanol–water partition coefficient (Wildman–Crippen LogP) is 2.50. The Kier molecular flexibility index (Phi) is 6.86. The second-order valence-electron chi connectivity index (χ2n) is 10.3. The van der Waals surface area contributed by atoms with Crippen LogP contribution in [0.3, 0.4) is 0 Å². The summed E-state index contributed by atoms with van der Waals surface area (Å²) < 4.78 is 5.39. The van der Waals surface area contributed by atoms with Crippen molar-refractivity contribution in [2.24, 2.45) is 29.1 Å². The van der Waals surface area contributed by atoms with Crippen LogP contribution in [0.15, 0.2) is 24.4 Å². The van der Waals surface area contributed by atoms with Gasteiger partial charge in [0.1, 0.15) is 5.69 Å². The van der Waals surface area contributed by atoms with E-state index in [0.717, 1.165) is 25.7 Å². The van der Waals surface area contributed by atoms with E-state index in [4.69, 9.17) is 4.74 Å². The molecule has 2 amide bonds. The topological polar surface area (TPSA) is 91.8 Å². The third kappa shape index (κ3) is 4.42. The smallest absolute Gasteiger partial charge is 0.270 e. The summed E-state index contributed by atoms with van der Waals surface area (Å²) in [6.07, 6.45) is 4.79. The number of nitrogens with zero attached hydrogens (tertiary/aromatic N) is 2. The molecule has 176 valence electrons. The summed E-state index contributed by atoms with van der Waals surface area (Å²) in [4.78, 5) is 31.9. The summed E-state index contributed by atoms with van der Waals surface area (Å²) in [7, 11) is 0. The molecule has 4 rings (SSSR count). The monoisotopic (exact) mass is 443 g/mol. The van der Waals surface area contributed by atoms with Gasteiger partial charge in [0.15, 0.2) is 0 Å². The summed E-state index contributed by atoms with van der Waals surface area (Å²) in [6.45, 7) is 8.82. The van der Waals surface area contributed by atoms with E-state index in [1.54, 1.807) is 18.3 Å². The molecule has 1 aliphatic heterocycles. The van der Waals surface area contributed by atoms with Crippen molar-refractivity contribution in [2.45, 2.75) is 58.6 Å². The first-order valence-electron chi connectivity index (χ1n) is 12.1. The Morgan fingerprint density at radius 2 is 1.97 bits per heavy atom. The minimum Gasteiger partial charge on any atom is -0.392 e. The molecule has 0 unspecified atom stereocenters. The first-order chi connectivity index (χ1) is 15.3. The molecule has 0 radical (unpaired) electrons. The Balaban J connectivity index is 1.47. The normalized spacial score (nSPS) is 36.1. The molecule has 7 nitrogen and oxygen atoms in total. The highest BCUT2D eigenvalue weighted by Gasteiger charge is 2.54. The van der Waals surface area contributed by atoms with Gasteiger partial charge < -0.3 is 20.1 Å². The van der Waals surface area contributed by atoms with Gasteiger partial charge in [0, 0.05) is 31.2 Å². The quantitative estimate of drug-likeness (QED) is 0.746. The molecule has 0 bridgehead atoms. The molecule has 1 aromatic rings. The highest BCUT2D eigenvalue weighted by molar-refractivity contribution is 5.92. The van der Waals surface area contributed by atoms with Gasteiger partial charge in [-0.05, 0) is 61.0 Å². The van der Waals surface area contributed by atoms with Crippen molar-refractivity contribution in [1.29, 1.82) is 0 Å². The number of aromatic nitrogens is 1. The molecule has 7 heteroatoms. The second-order valence-corrected chi connectivity index (χ2v) is 10.3. The fourth-order valence-electron chi connectivity index (χ4n) is 6.49. The summed E-state index contributed by atoms with van der Waals surface area (Å²) in [6, 6.07) is 5.31. The van der Waals surface area contributed by atoms with Gasteiger partial charge in [-0.15, -0.1) is 0 Å². The molecule has 1 saturated heterocycles. The van der Waals surface area contributed by atoms with Crippen LogP contribution in [0.5, 0.6) is 0 Å². The van der Waals surface area contributed by atoms with Crippen molar-refractivity contribution >= 4 is 11.8 Å². The zero-order valence-corrected chi connectivity index (χ0v) is 19.5. The first-order valence-corrected chi connectivity index (χ1v) is 12.1. The Morgan fingerprint density at radius 1 is 1.25 bits per heavy atom. The Morgan fingerprint density at radius 3 is 2.66 bits per heavy atom. The number of carbonyl (C=O) groups excluding carboxylic acids is 2. The molecule has 0 aromatic carbocycles. The largest absolute Gasteiger partial charge is 0.392 e. The summed E-state index contributed by atoms with van der Waals surface area (Å²) in [5, 5.41) is 14.7. The van der Waals surface area contributed by atoms with Gasteiger partial charge in [-0.25, -0.2) is 0 Å². The minimum atomic E-state index is -0.557. The molecule has 2 heterocycles. The number of morpholine rings is 1.